The molecule has 68 valence electrons. The van der Waals surface area contributed by atoms with Gasteiger partial charge in [-0.05, 0) is 25.7 Å². The summed E-state index contributed by atoms with van der Waals surface area (Å²) in [5.41, 5.74) is -0.0995. The van der Waals surface area contributed by atoms with E-state index >= 15 is 0 Å². The minimum atomic E-state index is -0.0995. The van der Waals surface area contributed by atoms with Crippen LogP contribution >= 0.6 is 0 Å². The SMILES string of the molecule is CC(=O)[C@H]1C[C@@H](C(C)=O)C1(C)C. The van der Waals surface area contributed by atoms with Crippen LogP contribution in [0.1, 0.15) is 34.1 Å². The van der Waals surface area contributed by atoms with Crippen LogP contribution in [0.15, 0.2) is 0 Å². The van der Waals surface area contributed by atoms with E-state index in [0.29, 0.717) is 0 Å². The zero-order valence-electron chi connectivity index (χ0n) is 8.18. The topological polar surface area (TPSA) is 34.1 Å². The molecular formula is C10H16O2. The van der Waals surface area contributed by atoms with E-state index in [9.17, 15) is 9.59 Å². The minimum Gasteiger partial charge on any atom is -0.300 e. The van der Waals surface area contributed by atoms with Crippen LogP contribution in [0.25, 0.3) is 0 Å². The highest BCUT2D eigenvalue weighted by Crippen LogP contribution is 2.51. The van der Waals surface area contributed by atoms with Gasteiger partial charge in [0.1, 0.15) is 11.6 Å². The first-order valence-corrected chi connectivity index (χ1v) is 4.38. The van der Waals surface area contributed by atoms with E-state index in [1.165, 1.54) is 0 Å². The van der Waals surface area contributed by atoms with Crippen LogP contribution in [0.4, 0.5) is 0 Å². The van der Waals surface area contributed by atoms with Gasteiger partial charge in [-0.1, -0.05) is 13.8 Å². The zero-order valence-corrected chi connectivity index (χ0v) is 8.18. The lowest BCUT2D eigenvalue weighted by atomic mass is 9.52. The van der Waals surface area contributed by atoms with Crippen LogP contribution in [0.2, 0.25) is 0 Å². The molecule has 0 aliphatic heterocycles. The van der Waals surface area contributed by atoms with E-state index in [-0.39, 0.29) is 28.8 Å². The van der Waals surface area contributed by atoms with Crippen molar-refractivity contribution in [2.24, 2.45) is 17.3 Å². The second-order valence-corrected chi connectivity index (χ2v) is 4.38. The lowest BCUT2D eigenvalue weighted by Gasteiger charge is -2.49. The molecule has 0 aromatic rings. The Morgan fingerprint density at radius 1 is 1.08 bits per heavy atom. The van der Waals surface area contributed by atoms with Crippen molar-refractivity contribution in [1.29, 1.82) is 0 Å². The number of hydrogen-bond acceptors (Lipinski definition) is 2. The molecule has 0 radical (unpaired) electrons. The number of carbonyl (C=O) groups excluding carboxylic acids is 2. The summed E-state index contributed by atoms with van der Waals surface area (Å²) < 4.78 is 0. The van der Waals surface area contributed by atoms with Crippen molar-refractivity contribution in [2.75, 3.05) is 0 Å². The van der Waals surface area contributed by atoms with Crippen molar-refractivity contribution in [1.82, 2.24) is 0 Å². The standard InChI is InChI=1S/C10H16O2/c1-6(11)8-5-9(7(2)12)10(8,3)4/h8-9H,5H2,1-4H3/t8-,9+. The fourth-order valence-corrected chi connectivity index (χ4v) is 2.31. The summed E-state index contributed by atoms with van der Waals surface area (Å²) in [5, 5.41) is 0. The van der Waals surface area contributed by atoms with Gasteiger partial charge in [0.15, 0.2) is 0 Å². The lowest BCUT2D eigenvalue weighted by molar-refractivity contribution is -0.145. The molecule has 1 rings (SSSR count). The predicted molar refractivity (Wildman–Crippen MR) is 46.7 cm³/mol. The maximum absolute atomic E-state index is 11.1. The maximum Gasteiger partial charge on any atom is 0.133 e. The van der Waals surface area contributed by atoms with Gasteiger partial charge in [-0.15, -0.1) is 0 Å². The van der Waals surface area contributed by atoms with Gasteiger partial charge < -0.3 is 0 Å². The van der Waals surface area contributed by atoms with Crippen molar-refractivity contribution in [3.05, 3.63) is 0 Å². The Morgan fingerprint density at radius 2 is 1.42 bits per heavy atom. The first-order chi connectivity index (χ1) is 5.37. The Kier molecular flexibility index (Phi) is 2.11. The van der Waals surface area contributed by atoms with E-state index < -0.39 is 0 Å². The van der Waals surface area contributed by atoms with Crippen LogP contribution in [0.5, 0.6) is 0 Å². The van der Waals surface area contributed by atoms with Gasteiger partial charge in [0, 0.05) is 11.8 Å². The summed E-state index contributed by atoms with van der Waals surface area (Å²) in [6.07, 6.45) is 0.762. The van der Waals surface area contributed by atoms with Gasteiger partial charge in [0.25, 0.3) is 0 Å². The zero-order chi connectivity index (χ0) is 9.52. The van der Waals surface area contributed by atoms with Crippen LogP contribution in [-0.4, -0.2) is 11.6 Å². The van der Waals surface area contributed by atoms with Crippen LogP contribution < -0.4 is 0 Å². The van der Waals surface area contributed by atoms with Gasteiger partial charge in [-0.2, -0.15) is 0 Å². The average molecular weight is 168 g/mol. The fraction of sp³-hybridized carbons (Fsp3) is 0.800. The number of hydrogen-bond donors (Lipinski definition) is 0. The smallest absolute Gasteiger partial charge is 0.133 e. The molecule has 12 heavy (non-hydrogen) atoms. The molecule has 0 unspecified atom stereocenters. The third-order valence-corrected chi connectivity index (χ3v) is 3.25. The molecule has 0 heterocycles. The van der Waals surface area contributed by atoms with Gasteiger partial charge in [-0.3, -0.25) is 9.59 Å². The molecule has 1 aliphatic rings. The van der Waals surface area contributed by atoms with Crippen molar-refractivity contribution in [3.8, 4) is 0 Å². The molecule has 0 amide bonds. The molecule has 1 fully saturated rings. The van der Waals surface area contributed by atoms with Crippen LogP contribution in [0.3, 0.4) is 0 Å². The monoisotopic (exact) mass is 168 g/mol. The highest BCUT2D eigenvalue weighted by molar-refractivity contribution is 5.87. The highest BCUT2D eigenvalue weighted by Gasteiger charge is 2.52. The molecule has 0 N–H and O–H groups in total. The Bertz CT molecular complexity index is 206. The maximum atomic E-state index is 11.1. The molecule has 2 heteroatoms. The average Bonchev–Trinajstić information content (AvgIpc) is 1.83. The summed E-state index contributed by atoms with van der Waals surface area (Å²) >= 11 is 0. The molecule has 0 aromatic heterocycles. The van der Waals surface area contributed by atoms with Crippen molar-refractivity contribution in [2.45, 2.75) is 34.1 Å². The summed E-state index contributed by atoms with van der Waals surface area (Å²) in [6.45, 7) is 7.24. The highest BCUT2D eigenvalue weighted by atomic mass is 16.1. The summed E-state index contributed by atoms with van der Waals surface area (Å²) in [7, 11) is 0. The van der Waals surface area contributed by atoms with Gasteiger partial charge in [-0.25, -0.2) is 0 Å². The van der Waals surface area contributed by atoms with E-state index in [4.69, 9.17) is 0 Å². The Morgan fingerprint density at radius 3 is 1.58 bits per heavy atom. The molecule has 1 aliphatic carbocycles. The molecule has 2 atom stereocenters. The van der Waals surface area contributed by atoms with Crippen molar-refractivity contribution >= 4 is 11.6 Å². The first kappa shape index (κ1) is 9.43. The van der Waals surface area contributed by atoms with Gasteiger partial charge in [0.2, 0.25) is 0 Å². The molecule has 0 spiro atoms. The summed E-state index contributed by atoms with van der Waals surface area (Å²) in [4.78, 5) is 22.2. The fourth-order valence-electron chi connectivity index (χ4n) is 2.31. The van der Waals surface area contributed by atoms with E-state index in [1.807, 2.05) is 13.8 Å². The third-order valence-electron chi connectivity index (χ3n) is 3.25. The minimum absolute atomic E-state index is 0.0995. The molecule has 0 aromatic carbocycles. The molecular weight excluding hydrogens is 152 g/mol. The number of rotatable bonds is 2. The number of Topliss-reactive ketones (excluding diaryl/α,β-unsaturated/α-hetero) is 2. The second kappa shape index (κ2) is 2.68. The van der Waals surface area contributed by atoms with Crippen molar-refractivity contribution in [3.63, 3.8) is 0 Å². The van der Waals surface area contributed by atoms with Gasteiger partial charge >= 0.3 is 0 Å². The Hall–Kier alpha value is -0.660. The first-order valence-electron chi connectivity index (χ1n) is 4.38. The molecule has 2 nitrogen and oxygen atoms in total. The van der Waals surface area contributed by atoms with Crippen LogP contribution in [-0.2, 0) is 9.59 Å². The number of ketones is 2. The quantitative estimate of drug-likeness (QED) is 0.630. The van der Waals surface area contributed by atoms with E-state index in [1.54, 1.807) is 13.8 Å². The molecule has 0 bridgehead atoms. The van der Waals surface area contributed by atoms with E-state index in [0.717, 1.165) is 6.42 Å². The van der Waals surface area contributed by atoms with Crippen LogP contribution in [0, 0.1) is 17.3 Å². The normalized spacial score (nSPS) is 32.3. The molecule has 0 saturated heterocycles. The summed E-state index contributed by atoms with van der Waals surface area (Å²) in [6, 6.07) is 0. The largest absolute Gasteiger partial charge is 0.300 e. The second-order valence-electron chi connectivity index (χ2n) is 4.38. The lowest BCUT2D eigenvalue weighted by Crippen LogP contribution is -2.50. The van der Waals surface area contributed by atoms with Gasteiger partial charge in [0.05, 0.1) is 0 Å². The Balaban J connectivity index is 2.72. The summed E-state index contributed by atoms with van der Waals surface area (Å²) in [5.74, 6) is 0.646. The molecule has 1 saturated carbocycles. The Labute approximate surface area is 73.3 Å². The van der Waals surface area contributed by atoms with Crippen molar-refractivity contribution < 1.29 is 9.59 Å². The predicted octanol–water partition coefficient (Wildman–Crippen LogP) is 1.83. The third kappa shape index (κ3) is 1.19. The van der Waals surface area contributed by atoms with E-state index in [2.05, 4.69) is 0 Å². The number of carbonyl (C=O) groups is 2.